The molecule has 2 unspecified atom stereocenters. The lowest BCUT2D eigenvalue weighted by molar-refractivity contribution is -0.124. The summed E-state index contributed by atoms with van der Waals surface area (Å²) < 4.78 is 5.36. The standard InChI is InChI=1S/C16H26N2O2S/c1-11(2)18-16(4,15(17)19)10-12(3)21-14-9-7-6-8-13(14)20-5/h6-9,11-12,18H,10H2,1-5H3,(H2,17,19). The number of ether oxygens (including phenoxy) is 1. The van der Waals surface area contributed by atoms with Crippen molar-refractivity contribution in [2.45, 2.75) is 55.8 Å². The Kier molecular flexibility index (Phi) is 6.55. The fourth-order valence-electron chi connectivity index (χ4n) is 2.42. The van der Waals surface area contributed by atoms with Crippen molar-refractivity contribution in [3.63, 3.8) is 0 Å². The molecule has 0 aliphatic carbocycles. The minimum Gasteiger partial charge on any atom is -0.496 e. The van der Waals surface area contributed by atoms with E-state index in [2.05, 4.69) is 12.2 Å². The number of carbonyl (C=O) groups excluding carboxylic acids is 1. The van der Waals surface area contributed by atoms with Crippen LogP contribution in [0, 0.1) is 0 Å². The van der Waals surface area contributed by atoms with Crippen LogP contribution in [0.4, 0.5) is 0 Å². The first-order chi connectivity index (χ1) is 9.78. The number of methoxy groups -OCH3 is 1. The number of amides is 1. The topological polar surface area (TPSA) is 64.3 Å². The number of para-hydroxylation sites is 1. The van der Waals surface area contributed by atoms with Crippen LogP contribution in [0.25, 0.3) is 0 Å². The molecule has 118 valence electrons. The van der Waals surface area contributed by atoms with Gasteiger partial charge < -0.3 is 15.8 Å². The molecular formula is C16H26N2O2S. The molecule has 1 aromatic carbocycles. The van der Waals surface area contributed by atoms with Gasteiger partial charge in [0.05, 0.1) is 12.6 Å². The highest BCUT2D eigenvalue weighted by Crippen LogP contribution is 2.34. The molecule has 0 heterocycles. The van der Waals surface area contributed by atoms with Crippen molar-refractivity contribution < 1.29 is 9.53 Å². The van der Waals surface area contributed by atoms with Crippen LogP contribution in [0.1, 0.15) is 34.1 Å². The summed E-state index contributed by atoms with van der Waals surface area (Å²) in [5.41, 5.74) is 4.88. The average Bonchev–Trinajstić information content (AvgIpc) is 2.37. The van der Waals surface area contributed by atoms with E-state index in [0.717, 1.165) is 10.6 Å². The van der Waals surface area contributed by atoms with Crippen LogP contribution in [0.15, 0.2) is 29.2 Å². The molecule has 0 aliphatic heterocycles. The Hall–Kier alpha value is -1.20. The van der Waals surface area contributed by atoms with Crippen LogP contribution in [-0.2, 0) is 4.79 Å². The highest BCUT2D eigenvalue weighted by atomic mass is 32.2. The van der Waals surface area contributed by atoms with Crippen LogP contribution in [0.5, 0.6) is 5.75 Å². The third-order valence-electron chi connectivity index (χ3n) is 3.24. The Morgan fingerprint density at radius 2 is 2.00 bits per heavy atom. The first kappa shape index (κ1) is 17.9. The maximum Gasteiger partial charge on any atom is 0.237 e. The van der Waals surface area contributed by atoms with Crippen molar-refractivity contribution in [1.82, 2.24) is 5.32 Å². The van der Waals surface area contributed by atoms with Gasteiger partial charge >= 0.3 is 0 Å². The number of rotatable bonds is 8. The molecule has 0 fully saturated rings. The van der Waals surface area contributed by atoms with Gasteiger partial charge in [-0.25, -0.2) is 0 Å². The first-order valence-corrected chi connectivity index (χ1v) is 8.03. The fourth-order valence-corrected chi connectivity index (χ4v) is 3.69. The third-order valence-corrected chi connectivity index (χ3v) is 4.40. The average molecular weight is 310 g/mol. The lowest BCUT2D eigenvalue weighted by Crippen LogP contribution is -2.56. The quantitative estimate of drug-likeness (QED) is 0.725. The fraction of sp³-hybridized carbons (Fsp3) is 0.562. The summed E-state index contributed by atoms with van der Waals surface area (Å²) in [5.74, 6) is 0.538. The van der Waals surface area contributed by atoms with Gasteiger partial charge in [-0.2, -0.15) is 0 Å². The minimum absolute atomic E-state index is 0.200. The van der Waals surface area contributed by atoms with Gasteiger partial charge in [0.2, 0.25) is 5.91 Å². The van der Waals surface area contributed by atoms with Crippen LogP contribution in [0.2, 0.25) is 0 Å². The summed E-state index contributed by atoms with van der Waals surface area (Å²) in [6.45, 7) is 7.99. The summed E-state index contributed by atoms with van der Waals surface area (Å²) in [6.07, 6.45) is 0.656. The smallest absolute Gasteiger partial charge is 0.237 e. The van der Waals surface area contributed by atoms with Crippen LogP contribution in [0.3, 0.4) is 0 Å². The van der Waals surface area contributed by atoms with E-state index in [4.69, 9.17) is 10.5 Å². The summed E-state index contributed by atoms with van der Waals surface area (Å²) >= 11 is 1.69. The van der Waals surface area contributed by atoms with Crippen LogP contribution < -0.4 is 15.8 Å². The molecule has 0 bridgehead atoms. The molecule has 0 aromatic heterocycles. The molecule has 0 radical (unpaired) electrons. The zero-order valence-electron chi connectivity index (χ0n) is 13.5. The highest BCUT2D eigenvalue weighted by Gasteiger charge is 2.33. The van der Waals surface area contributed by atoms with Crippen molar-refractivity contribution in [2.75, 3.05) is 7.11 Å². The van der Waals surface area contributed by atoms with Gasteiger partial charge in [0.15, 0.2) is 0 Å². The van der Waals surface area contributed by atoms with Gasteiger partial charge in [0.1, 0.15) is 5.75 Å². The van der Waals surface area contributed by atoms with E-state index in [-0.39, 0.29) is 17.2 Å². The molecule has 3 N–H and O–H groups in total. The van der Waals surface area contributed by atoms with Crippen molar-refractivity contribution in [1.29, 1.82) is 0 Å². The van der Waals surface area contributed by atoms with Crippen molar-refractivity contribution in [3.8, 4) is 5.75 Å². The van der Waals surface area contributed by atoms with Crippen LogP contribution >= 0.6 is 11.8 Å². The number of hydrogen-bond donors (Lipinski definition) is 2. The van der Waals surface area contributed by atoms with E-state index < -0.39 is 5.54 Å². The molecule has 1 amide bonds. The van der Waals surface area contributed by atoms with Gasteiger partial charge in [-0.05, 0) is 39.3 Å². The second-order valence-electron chi connectivity index (χ2n) is 5.78. The van der Waals surface area contributed by atoms with Gasteiger partial charge in [-0.3, -0.25) is 4.79 Å². The second-order valence-corrected chi connectivity index (χ2v) is 7.26. The maximum absolute atomic E-state index is 11.8. The molecule has 21 heavy (non-hydrogen) atoms. The predicted octanol–water partition coefficient (Wildman–Crippen LogP) is 2.81. The van der Waals surface area contributed by atoms with Crippen LogP contribution in [-0.4, -0.2) is 29.8 Å². The maximum atomic E-state index is 11.8. The first-order valence-electron chi connectivity index (χ1n) is 7.15. The lowest BCUT2D eigenvalue weighted by Gasteiger charge is -2.32. The zero-order valence-corrected chi connectivity index (χ0v) is 14.3. The Balaban J connectivity index is 2.79. The van der Waals surface area contributed by atoms with E-state index in [0.29, 0.717) is 6.42 Å². The monoisotopic (exact) mass is 310 g/mol. The largest absolute Gasteiger partial charge is 0.496 e. The lowest BCUT2D eigenvalue weighted by atomic mass is 9.94. The van der Waals surface area contributed by atoms with E-state index >= 15 is 0 Å². The van der Waals surface area contributed by atoms with Gasteiger partial charge in [-0.15, -0.1) is 11.8 Å². The third kappa shape index (κ3) is 5.25. The zero-order chi connectivity index (χ0) is 16.0. The van der Waals surface area contributed by atoms with Gasteiger partial charge in [0.25, 0.3) is 0 Å². The molecule has 2 atom stereocenters. The van der Waals surface area contributed by atoms with Crippen molar-refractivity contribution >= 4 is 17.7 Å². The van der Waals surface area contributed by atoms with Gasteiger partial charge in [-0.1, -0.05) is 19.1 Å². The molecule has 4 nitrogen and oxygen atoms in total. The molecule has 5 heteroatoms. The van der Waals surface area contributed by atoms with Crippen molar-refractivity contribution in [3.05, 3.63) is 24.3 Å². The van der Waals surface area contributed by atoms with Gasteiger partial charge in [0, 0.05) is 16.2 Å². The number of carbonyl (C=O) groups is 1. The number of nitrogens with one attached hydrogen (secondary N) is 1. The van der Waals surface area contributed by atoms with Crippen molar-refractivity contribution in [2.24, 2.45) is 5.73 Å². The van der Waals surface area contributed by atoms with E-state index in [1.165, 1.54) is 0 Å². The Morgan fingerprint density at radius 3 is 2.52 bits per heavy atom. The minimum atomic E-state index is -0.706. The summed E-state index contributed by atoms with van der Waals surface area (Å²) in [4.78, 5) is 12.9. The normalized spacial score (nSPS) is 15.5. The Bertz CT molecular complexity index is 479. The van der Waals surface area contributed by atoms with E-state index in [1.807, 2.05) is 45.0 Å². The molecule has 1 aromatic rings. The SMILES string of the molecule is COc1ccccc1SC(C)CC(C)(NC(C)C)C(N)=O. The Morgan fingerprint density at radius 1 is 1.38 bits per heavy atom. The Labute approximate surface area is 131 Å². The highest BCUT2D eigenvalue weighted by molar-refractivity contribution is 8.00. The molecule has 1 rings (SSSR count). The summed E-state index contributed by atoms with van der Waals surface area (Å²) in [6, 6.07) is 8.09. The number of hydrogen-bond acceptors (Lipinski definition) is 4. The molecule has 0 spiro atoms. The summed E-state index contributed by atoms with van der Waals surface area (Å²) in [5, 5.41) is 3.51. The van der Waals surface area contributed by atoms with E-state index in [1.54, 1.807) is 18.9 Å². The number of benzene rings is 1. The molecule has 0 saturated carbocycles. The molecule has 0 saturated heterocycles. The molecule has 0 aliphatic rings. The molecular weight excluding hydrogens is 284 g/mol. The van der Waals surface area contributed by atoms with E-state index in [9.17, 15) is 4.79 Å². The second kappa shape index (κ2) is 7.71. The summed E-state index contributed by atoms with van der Waals surface area (Å²) in [7, 11) is 1.66. The number of primary amides is 1. The predicted molar refractivity (Wildman–Crippen MR) is 88.8 cm³/mol. The number of thioether (sulfide) groups is 1. The number of nitrogens with two attached hydrogens (primary N) is 1.